The highest BCUT2D eigenvalue weighted by molar-refractivity contribution is 5.92. The molecule has 0 spiro atoms. The van der Waals surface area contributed by atoms with E-state index in [-0.39, 0.29) is 11.2 Å². The van der Waals surface area contributed by atoms with E-state index in [1.807, 2.05) is 13.8 Å². The molecule has 0 heterocycles. The van der Waals surface area contributed by atoms with Crippen LogP contribution in [-0.4, -0.2) is 16.5 Å². The molecule has 0 radical (unpaired) electrons. The van der Waals surface area contributed by atoms with Crippen molar-refractivity contribution < 1.29 is 9.90 Å². The first-order valence-electron chi connectivity index (χ1n) is 4.21. The lowest BCUT2D eigenvalue weighted by molar-refractivity contribution is -0.122. The van der Waals surface area contributed by atoms with E-state index in [1.54, 1.807) is 19.9 Å². The second kappa shape index (κ2) is 2.43. The Morgan fingerprint density at radius 1 is 1.42 bits per heavy atom. The molecule has 0 aromatic carbocycles. The lowest BCUT2D eigenvalue weighted by atomic mass is 9.66. The zero-order chi connectivity index (χ0) is 9.57. The average molecular weight is 168 g/mol. The Balaban J connectivity index is 3.15. The van der Waals surface area contributed by atoms with Gasteiger partial charge in [0.05, 0.1) is 5.60 Å². The highest BCUT2D eigenvalue weighted by Gasteiger charge is 2.44. The molecule has 0 fully saturated rings. The number of carbonyl (C=O) groups is 1. The van der Waals surface area contributed by atoms with Crippen molar-refractivity contribution in [3.8, 4) is 0 Å². The molecule has 0 amide bonds. The standard InChI is InChI=1S/C10H16O2/c1-7-5-8(11)6-9(2,3)10(7,4)12/h5,12H,6H2,1-4H3/t10-/m1/s1. The smallest absolute Gasteiger partial charge is 0.156 e. The molecule has 1 N–H and O–H groups in total. The molecule has 68 valence electrons. The van der Waals surface area contributed by atoms with Crippen LogP contribution in [0.15, 0.2) is 11.6 Å². The zero-order valence-electron chi connectivity index (χ0n) is 8.14. The van der Waals surface area contributed by atoms with Crippen molar-refractivity contribution in [3.63, 3.8) is 0 Å². The van der Waals surface area contributed by atoms with Gasteiger partial charge in [-0.05, 0) is 25.5 Å². The van der Waals surface area contributed by atoms with Crippen molar-refractivity contribution in [1.29, 1.82) is 0 Å². The van der Waals surface area contributed by atoms with Gasteiger partial charge in [-0.1, -0.05) is 13.8 Å². The second-order valence-corrected chi connectivity index (χ2v) is 4.43. The van der Waals surface area contributed by atoms with Crippen LogP contribution >= 0.6 is 0 Å². The largest absolute Gasteiger partial charge is 0.385 e. The Bertz CT molecular complexity index is 247. The van der Waals surface area contributed by atoms with Crippen LogP contribution < -0.4 is 0 Å². The molecule has 1 rings (SSSR count). The second-order valence-electron chi connectivity index (χ2n) is 4.43. The fourth-order valence-electron chi connectivity index (χ4n) is 1.57. The molecule has 2 nitrogen and oxygen atoms in total. The summed E-state index contributed by atoms with van der Waals surface area (Å²) in [6, 6.07) is 0. The van der Waals surface area contributed by atoms with Crippen LogP contribution in [0, 0.1) is 5.41 Å². The minimum atomic E-state index is -0.846. The first-order valence-corrected chi connectivity index (χ1v) is 4.21. The van der Waals surface area contributed by atoms with Crippen molar-refractivity contribution >= 4 is 5.78 Å². The van der Waals surface area contributed by atoms with Crippen LogP contribution in [0.25, 0.3) is 0 Å². The number of carbonyl (C=O) groups excluding carboxylic acids is 1. The van der Waals surface area contributed by atoms with Crippen molar-refractivity contribution in [2.24, 2.45) is 5.41 Å². The van der Waals surface area contributed by atoms with Crippen LogP contribution in [0.1, 0.15) is 34.1 Å². The average Bonchev–Trinajstić information content (AvgIpc) is 1.82. The first kappa shape index (κ1) is 9.46. The molecular formula is C10H16O2. The molecule has 0 unspecified atom stereocenters. The lowest BCUT2D eigenvalue weighted by Gasteiger charge is -2.43. The monoisotopic (exact) mass is 168 g/mol. The van der Waals surface area contributed by atoms with Crippen molar-refractivity contribution in [3.05, 3.63) is 11.6 Å². The minimum absolute atomic E-state index is 0.115. The maximum atomic E-state index is 11.2. The van der Waals surface area contributed by atoms with E-state index < -0.39 is 5.60 Å². The Kier molecular flexibility index (Phi) is 1.91. The normalized spacial score (nSPS) is 34.8. The van der Waals surface area contributed by atoms with E-state index in [9.17, 15) is 9.90 Å². The van der Waals surface area contributed by atoms with Gasteiger partial charge in [-0.25, -0.2) is 0 Å². The Hall–Kier alpha value is -0.630. The molecule has 0 saturated carbocycles. The molecule has 2 heteroatoms. The van der Waals surface area contributed by atoms with Gasteiger partial charge < -0.3 is 5.11 Å². The Morgan fingerprint density at radius 2 is 1.92 bits per heavy atom. The third kappa shape index (κ3) is 1.20. The van der Waals surface area contributed by atoms with Crippen LogP contribution in [0.5, 0.6) is 0 Å². The maximum absolute atomic E-state index is 11.2. The Morgan fingerprint density at radius 3 is 2.33 bits per heavy atom. The molecular weight excluding hydrogens is 152 g/mol. The molecule has 0 bridgehead atoms. The van der Waals surface area contributed by atoms with Crippen molar-refractivity contribution in [1.82, 2.24) is 0 Å². The van der Waals surface area contributed by atoms with Gasteiger partial charge >= 0.3 is 0 Å². The SMILES string of the molecule is CC1=CC(=O)CC(C)(C)[C@]1(C)O. The topological polar surface area (TPSA) is 37.3 Å². The van der Waals surface area contributed by atoms with E-state index in [1.165, 1.54) is 0 Å². The fourth-order valence-corrected chi connectivity index (χ4v) is 1.57. The summed E-state index contributed by atoms with van der Waals surface area (Å²) < 4.78 is 0. The van der Waals surface area contributed by atoms with Crippen LogP contribution in [0.2, 0.25) is 0 Å². The summed E-state index contributed by atoms with van der Waals surface area (Å²) in [6.07, 6.45) is 1.97. The van der Waals surface area contributed by atoms with Crippen LogP contribution in [0.4, 0.5) is 0 Å². The zero-order valence-corrected chi connectivity index (χ0v) is 8.14. The van der Waals surface area contributed by atoms with Gasteiger partial charge in [0.2, 0.25) is 0 Å². The summed E-state index contributed by atoms with van der Waals surface area (Å²) >= 11 is 0. The molecule has 0 aromatic rings. The lowest BCUT2D eigenvalue weighted by Crippen LogP contribution is -2.46. The molecule has 12 heavy (non-hydrogen) atoms. The molecule has 1 atom stereocenters. The summed E-state index contributed by atoms with van der Waals surface area (Å²) in [5, 5.41) is 10.1. The van der Waals surface area contributed by atoms with Crippen LogP contribution in [0.3, 0.4) is 0 Å². The summed E-state index contributed by atoms with van der Waals surface area (Å²) in [4.78, 5) is 11.2. The van der Waals surface area contributed by atoms with Gasteiger partial charge in [-0.2, -0.15) is 0 Å². The highest BCUT2D eigenvalue weighted by atomic mass is 16.3. The number of hydrogen-bond acceptors (Lipinski definition) is 2. The number of rotatable bonds is 0. The first-order chi connectivity index (χ1) is 5.27. The van der Waals surface area contributed by atoms with Gasteiger partial charge in [0.1, 0.15) is 0 Å². The van der Waals surface area contributed by atoms with E-state index >= 15 is 0 Å². The predicted octanol–water partition coefficient (Wildman–Crippen LogP) is 1.68. The highest BCUT2D eigenvalue weighted by Crippen LogP contribution is 2.42. The number of ketones is 1. The summed E-state index contributed by atoms with van der Waals surface area (Å²) in [5.74, 6) is 0.115. The van der Waals surface area contributed by atoms with E-state index in [0.717, 1.165) is 5.57 Å². The van der Waals surface area contributed by atoms with Gasteiger partial charge in [0.15, 0.2) is 5.78 Å². The van der Waals surface area contributed by atoms with E-state index in [4.69, 9.17) is 0 Å². The van der Waals surface area contributed by atoms with Gasteiger partial charge in [0, 0.05) is 11.8 Å². The summed E-state index contributed by atoms with van der Waals surface area (Å²) in [7, 11) is 0. The number of aliphatic hydroxyl groups is 1. The Labute approximate surface area is 73.3 Å². The molecule has 0 aliphatic heterocycles. The third-order valence-corrected chi connectivity index (χ3v) is 3.08. The van der Waals surface area contributed by atoms with Gasteiger partial charge in [0.25, 0.3) is 0 Å². The minimum Gasteiger partial charge on any atom is -0.385 e. The number of allylic oxidation sites excluding steroid dienone is 1. The van der Waals surface area contributed by atoms with E-state index in [2.05, 4.69) is 0 Å². The van der Waals surface area contributed by atoms with Gasteiger partial charge in [-0.15, -0.1) is 0 Å². The van der Waals surface area contributed by atoms with Crippen molar-refractivity contribution in [2.75, 3.05) is 0 Å². The quantitative estimate of drug-likeness (QED) is 0.597. The molecule has 1 aliphatic rings. The molecule has 0 aromatic heterocycles. The third-order valence-electron chi connectivity index (χ3n) is 3.08. The van der Waals surface area contributed by atoms with Gasteiger partial charge in [-0.3, -0.25) is 4.79 Å². The predicted molar refractivity (Wildman–Crippen MR) is 47.8 cm³/mol. The molecule has 1 aliphatic carbocycles. The van der Waals surface area contributed by atoms with E-state index in [0.29, 0.717) is 6.42 Å². The summed E-state index contributed by atoms with van der Waals surface area (Å²) in [5.41, 5.74) is -0.423. The van der Waals surface area contributed by atoms with Crippen LogP contribution in [-0.2, 0) is 4.79 Å². The number of hydrogen-bond donors (Lipinski definition) is 1. The summed E-state index contributed by atoms with van der Waals surface area (Å²) in [6.45, 7) is 7.41. The molecule has 0 saturated heterocycles. The van der Waals surface area contributed by atoms with Crippen molar-refractivity contribution in [2.45, 2.75) is 39.7 Å². The maximum Gasteiger partial charge on any atom is 0.156 e. The fraction of sp³-hybridized carbons (Fsp3) is 0.700.